The molecule has 1 N–H and O–H groups in total. The van der Waals surface area contributed by atoms with Gasteiger partial charge in [-0.3, -0.25) is 4.79 Å². The number of carbonyl (C=O) groups excluding carboxylic acids is 2. The van der Waals surface area contributed by atoms with E-state index in [4.69, 9.17) is 4.74 Å². The van der Waals surface area contributed by atoms with Gasteiger partial charge in [0.1, 0.15) is 6.54 Å². The Labute approximate surface area is 158 Å². The third-order valence-corrected chi connectivity index (χ3v) is 4.41. The molecule has 3 rings (SSSR count). The number of hydrogen-bond acceptors (Lipinski definition) is 6. The highest BCUT2D eigenvalue weighted by molar-refractivity contribution is 5.90. The molecule has 2 aromatic rings. The molecule has 144 valence electrons. The largest absolute Gasteiger partial charge is 0.459 e. The van der Waals surface area contributed by atoms with Gasteiger partial charge in [0.25, 0.3) is 0 Å². The molecular formula is C19H25N5O3. The van der Waals surface area contributed by atoms with Crippen LogP contribution in [-0.4, -0.2) is 44.2 Å². The van der Waals surface area contributed by atoms with Crippen LogP contribution in [0.3, 0.4) is 0 Å². The van der Waals surface area contributed by atoms with Gasteiger partial charge in [-0.2, -0.15) is 4.80 Å². The van der Waals surface area contributed by atoms with E-state index in [0.29, 0.717) is 17.0 Å². The Morgan fingerprint density at radius 2 is 2.04 bits per heavy atom. The van der Waals surface area contributed by atoms with Gasteiger partial charge in [-0.15, -0.1) is 10.2 Å². The summed E-state index contributed by atoms with van der Waals surface area (Å²) in [5.74, 6) is -0.147. The van der Waals surface area contributed by atoms with Gasteiger partial charge in [0.15, 0.2) is 0 Å². The Kier molecular flexibility index (Phi) is 6.16. The highest BCUT2D eigenvalue weighted by atomic mass is 16.5. The van der Waals surface area contributed by atoms with E-state index in [1.807, 2.05) is 0 Å². The Morgan fingerprint density at radius 3 is 2.78 bits per heavy atom. The normalized spacial score (nSPS) is 14.9. The molecule has 1 fully saturated rings. The third kappa shape index (κ3) is 5.35. The van der Waals surface area contributed by atoms with Crippen molar-refractivity contribution in [3.63, 3.8) is 0 Å². The lowest BCUT2D eigenvalue weighted by Gasteiger charge is -2.22. The lowest BCUT2D eigenvalue weighted by molar-refractivity contribution is -0.123. The molecule has 0 spiro atoms. The van der Waals surface area contributed by atoms with Crippen LogP contribution >= 0.6 is 0 Å². The highest BCUT2D eigenvalue weighted by Crippen LogP contribution is 2.18. The molecule has 27 heavy (non-hydrogen) atoms. The summed E-state index contributed by atoms with van der Waals surface area (Å²) in [4.78, 5) is 25.5. The van der Waals surface area contributed by atoms with E-state index in [-0.39, 0.29) is 24.6 Å². The molecule has 1 aliphatic rings. The number of aromatic nitrogens is 4. The van der Waals surface area contributed by atoms with Crippen LogP contribution in [0.1, 0.15) is 56.3 Å². The second-order valence-corrected chi connectivity index (χ2v) is 7.08. The van der Waals surface area contributed by atoms with E-state index in [9.17, 15) is 9.59 Å². The van der Waals surface area contributed by atoms with Crippen LogP contribution in [0.5, 0.6) is 0 Å². The number of nitrogens with zero attached hydrogens (tertiary/aromatic N) is 4. The van der Waals surface area contributed by atoms with Crippen molar-refractivity contribution in [2.75, 3.05) is 0 Å². The fourth-order valence-electron chi connectivity index (χ4n) is 3.14. The minimum absolute atomic E-state index is 0.0264. The van der Waals surface area contributed by atoms with Gasteiger partial charge < -0.3 is 10.1 Å². The summed E-state index contributed by atoms with van der Waals surface area (Å²) in [6.45, 7) is 3.62. The molecular weight excluding hydrogens is 346 g/mol. The maximum Gasteiger partial charge on any atom is 0.338 e. The first-order valence-electron chi connectivity index (χ1n) is 9.40. The van der Waals surface area contributed by atoms with Gasteiger partial charge in [-0.1, -0.05) is 31.4 Å². The van der Waals surface area contributed by atoms with Gasteiger partial charge in [0, 0.05) is 11.6 Å². The predicted molar refractivity (Wildman–Crippen MR) is 98.8 cm³/mol. The molecule has 1 aromatic carbocycles. The van der Waals surface area contributed by atoms with Crippen LogP contribution in [0.2, 0.25) is 0 Å². The van der Waals surface area contributed by atoms with Crippen molar-refractivity contribution >= 4 is 11.9 Å². The second kappa shape index (κ2) is 8.75. The van der Waals surface area contributed by atoms with E-state index in [2.05, 4.69) is 20.7 Å². The molecule has 1 amide bonds. The number of benzene rings is 1. The number of amides is 1. The molecule has 1 heterocycles. The van der Waals surface area contributed by atoms with E-state index < -0.39 is 5.97 Å². The predicted octanol–water partition coefficient (Wildman–Crippen LogP) is 2.35. The maximum absolute atomic E-state index is 12.2. The molecule has 1 aromatic heterocycles. The first-order chi connectivity index (χ1) is 13.0. The van der Waals surface area contributed by atoms with Gasteiger partial charge in [0.05, 0.1) is 11.7 Å². The van der Waals surface area contributed by atoms with Crippen molar-refractivity contribution in [3.05, 3.63) is 29.8 Å². The minimum Gasteiger partial charge on any atom is -0.459 e. The number of ether oxygens (including phenoxy) is 1. The highest BCUT2D eigenvalue weighted by Gasteiger charge is 2.17. The van der Waals surface area contributed by atoms with Crippen LogP contribution in [-0.2, 0) is 16.1 Å². The Bertz CT molecular complexity index is 796. The van der Waals surface area contributed by atoms with Crippen molar-refractivity contribution in [1.29, 1.82) is 0 Å². The van der Waals surface area contributed by atoms with Crippen LogP contribution in [0.4, 0.5) is 0 Å². The summed E-state index contributed by atoms with van der Waals surface area (Å²) in [7, 11) is 0. The number of tetrazole rings is 1. The number of hydrogen-bond donors (Lipinski definition) is 1. The van der Waals surface area contributed by atoms with Crippen LogP contribution in [0.25, 0.3) is 11.4 Å². The first-order valence-corrected chi connectivity index (χ1v) is 9.40. The van der Waals surface area contributed by atoms with Crippen LogP contribution in [0, 0.1) is 0 Å². The monoisotopic (exact) mass is 371 g/mol. The zero-order chi connectivity index (χ0) is 19.2. The Balaban J connectivity index is 1.63. The molecule has 8 nitrogen and oxygen atoms in total. The van der Waals surface area contributed by atoms with E-state index in [1.165, 1.54) is 11.2 Å². The lowest BCUT2D eigenvalue weighted by atomic mass is 9.95. The molecule has 0 saturated heterocycles. The fourth-order valence-corrected chi connectivity index (χ4v) is 3.14. The van der Waals surface area contributed by atoms with E-state index in [1.54, 1.807) is 38.1 Å². The van der Waals surface area contributed by atoms with E-state index >= 15 is 0 Å². The van der Waals surface area contributed by atoms with Gasteiger partial charge in [-0.05, 0) is 44.0 Å². The summed E-state index contributed by atoms with van der Waals surface area (Å²) in [6, 6.07) is 7.11. The number of nitrogens with one attached hydrogen (secondary N) is 1. The van der Waals surface area contributed by atoms with Gasteiger partial charge >= 0.3 is 5.97 Å². The average molecular weight is 371 g/mol. The molecule has 0 radical (unpaired) electrons. The van der Waals surface area contributed by atoms with Crippen molar-refractivity contribution in [1.82, 2.24) is 25.5 Å². The first kappa shape index (κ1) is 19.0. The zero-order valence-corrected chi connectivity index (χ0v) is 15.7. The quantitative estimate of drug-likeness (QED) is 0.783. The van der Waals surface area contributed by atoms with Crippen molar-refractivity contribution < 1.29 is 14.3 Å². The van der Waals surface area contributed by atoms with Crippen molar-refractivity contribution in [3.8, 4) is 11.4 Å². The molecule has 0 aliphatic heterocycles. The average Bonchev–Trinajstić information content (AvgIpc) is 3.10. The second-order valence-electron chi connectivity index (χ2n) is 7.08. The Morgan fingerprint density at radius 1 is 1.26 bits per heavy atom. The van der Waals surface area contributed by atoms with Crippen molar-refractivity contribution in [2.24, 2.45) is 0 Å². The summed E-state index contributed by atoms with van der Waals surface area (Å²) < 4.78 is 5.20. The van der Waals surface area contributed by atoms with Crippen LogP contribution < -0.4 is 5.32 Å². The lowest BCUT2D eigenvalue weighted by Crippen LogP contribution is -2.38. The molecule has 0 bridgehead atoms. The number of carbonyl (C=O) groups is 2. The van der Waals surface area contributed by atoms with E-state index in [0.717, 1.165) is 25.7 Å². The maximum atomic E-state index is 12.2. The smallest absolute Gasteiger partial charge is 0.338 e. The molecule has 0 unspecified atom stereocenters. The molecule has 0 atom stereocenters. The van der Waals surface area contributed by atoms with Crippen molar-refractivity contribution in [2.45, 2.75) is 64.6 Å². The number of rotatable bonds is 6. The summed E-state index contributed by atoms with van der Waals surface area (Å²) in [5, 5.41) is 15.2. The standard InChI is InChI=1S/C19H25N5O3/c1-13(2)27-19(26)15-8-6-7-14(11-15)18-21-23-24(22-18)12-17(25)20-16-9-4-3-5-10-16/h6-8,11,13,16H,3-5,9-10,12H2,1-2H3,(H,20,25). The third-order valence-electron chi connectivity index (χ3n) is 4.41. The minimum atomic E-state index is -0.397. The number of esters is 1. The SMILES string of the molecule is CC(C)OC(=O)c1cccc(-c2nnn(CC(=O)NC3CCCCC3)n2)c1. The summed E-state index contributed by atoms with van der Waals surface area (Å²) >= 11 is 0. The molecule has 1 saturated carbocycles. The van der Waals surface area contributed by atoms with Crippen LogP contribution in [0.15, 0.2) is 24.3 Å². The fraction of sp³-hybridized carbons (Fsp3) is 0.526. The zero-order valence-electron chi connectivity index (χ0n) is 15.7. The van der Waals surface area contributed by atoms with Gasteiger partial charge in [-0.25, -0.2) is 4.79 Å². The topological polar surface area (TPSA) is 99.0 Å². The summed E-state index contributed by atoms with van der Waals surface area (Å²) in [6.07, 6.45) is 5.42. The molecule has 1 aliphatic carbocycles. The van der Waals surface area contributed by atoms with Gasteiger partial charge in [0.2, 0.25) is 11.7 Å². The Hall–Kier alpha value is -2.77. The summed E-state index contributed by atoms with van der Waals surface area (Å²) in [5.41, 5.74) is 1.07. The molecule has 8 heteroatoms.